The van der Waals surface area contributed by atoms with Crippen molar-refractivity contribution in [3.63, 3.8) is 0 Å². The van der Waals surface area contributed by atoms with E-state index in [0.29, 0.717) is 36.7 Å². The number of aromatic carboxylic acids is 1. The molecule has 0 atom stereocenters. The summed E-state index contributed by atoms with van der Waals surface area (Å²) in [5.74, 6) is -0.0835. The van der Waals surface area contributed by atoms with Crippen LogP contribution in [-0.2, 0) is 17.6 Å². The summed E-state index contributed by atoms with van der Waals surface area (Å²) in [5.41, 5.74) is 0.884. The van der Waals surface area contributed by atoms with Crippen molar-refractivity contribution in [2.24, 2.45) is 0 Å². The van der Waals surface area contributed by atoms with Gasteiger partial charge in [0.15, 0.2) is 5.82 Å². The second kappa shape index (κ2) is 7.35. The van der Waals surface area contributed by atoms with Gasteiger partial charge in [0.1, 0.15) is 0 Å². The average Bonchev–Trinajstić information content (AvgIpc) is 2.91. The van der Waals surface area contributed by atoms with Gasteiger partial charge in [0.2, 0.25) is 11.8 Å². The van der Waals surface area contributed by atoms with Crippen LogP contribution < -0.4 is 5.32 Å². The summed E-state index contributed by atoms with van der Waals surface area (Å²) < 4.78 is 4.94. The fourth-order valence-electron chi connectivity index (χ4n) is 2.03. The molecule has 0 saturated heterocycles. The van der Waals surface area contributed by atoms with Crippen LogP contribution in [0.15, 0.2) is 28.8 Å². The molecule has 22 heavy (non-hydrogen) atoms. The lowest BCUT2D eigenvalue weighted by molar-refractivity contribution is -0.121. The van der Waals surface area contributed by atoms with Gasteiger partial charge in [-0.3, -0.25) is 4.79 Å². The van der Waals surface area contributed by atoms with Gasteiger partial charge in [-0.1, -0.05) is 23.4 Å². The second-order valence-corrected chi connectivity index (χ2v) is 4.80. The van der Waals surface area contributed by atoms with Crippen LogP contribution in [0.2, 0.25) is 0 Å². The molecule has 0 aliphatic rings. The zero-order chi connectivity index (χ0) is 15.9. The third-order valence-electron chi connectivity index (χ3n) is 3.10. The number of nitrogens with one attached hydrogen (secondary N) is 1. The highest BCUT2D eigenvalue weighted by Gasteiger charge is 2.10. The Morgan fingerprint density at radius 1 is 1.27 bits per heavy atom. The monoisotopic (exact) mass is 303 g/mol. The van der Waals surface area contributed by atoms with Crippen molar-refractivity contribution in [3.05, 3.63) is 47.1 Å². The molecule has 0 fully saturated rings. The topological polar surface area (TPSA) is 105 Å². The molecule has 1 heterocycles. The van der Waals surface area contributed by atoms with Crippen LogP contribution in [0.25, 0.3) is 0 Å². The van der Waals surface area contributed by atoms with Crippen molar-refractivity contribution in [2.75, 3.05) is 6.54 Å². The molecular weight excluding hydrogens is 286 g/mol. The summed E-state index contributed by atoms with van der Waals surface area (Å²) in [6, 6.07) is 6.68. The highest BCUT2D eigenvalue weighted by atomic mass is 16.5. The predicted molar refractivity (Wildman–Crippen MR) is 77.5 cm³/mol. The fourth-order valence-corrected chi connectivity index (χ4v) is 2.03. The lowest BCUT2D eigenvalue weighted by atomic mass is 10.0. The zero-order valence-electron chi connectivity index (χ0n) is 12.2. The van der Waals surface area contributed by atoms with E-state index in [4.69, 9.17) is 9.63 Å². The first kappa shape index (κ1) is 15.7. The Balaban J connectivity index is 1.77. The quantitative estimate of drug-likeness (QED) is 0.800. The Bertz CT molecular complexity index is 666. The van der Waals surface area contributed by atoms with E-state index >= 15 is 0 Å². The second-order valence-electron chi connectivity index (χ2n) is 4.80. The number of rotatable bonds is 7. The molecule has 0 unspecified atom stereocenters. The summed E-state index contributed by atoms with van der Waals surface area (Å²) >= 11 is 0. The molecule has 1 aromatic heterocycles. The molecule has 7 nitrogen and oxygen atoms in total. The molecule has 1 aromatic carbocycles. The standard InChI is InChI=1S/C15H17N3O4/c1-10-17-14(22-18-10)8-9-16-13(19)7-6-11-4-2-3-5-12(11)15(20)21/h2-5H,6-9H2,1H3,(H,16,19)(H,20,21). The van der Waals surface area contributed by atoms with Gasteiger partial charge >= 0.3 is 5.97 Å². The largest absolute Gasteiger partial charge is 0.478 e. The number of aryl methyl sites for hydroxylation is 2. The maximum Gasteiger partial charge on any atom is 0.335 e. The SMILES string of the molecule is Cc1noc(CCNC(=O)CCc2ccccc2C(=O)O)n1. The van der Waals surface area contributed by atoms with Crippen molar-refractivity contribution < 1.29 is 19.2 Å². The number of carboxylic acid groups (broad SMARTS) is 1. The minimum Gasteiger partial charge on any atom is -0.478 e. The van der Waals surface area contributed by atoms with E-state index in [0.717, 1.165) is 0 Å². The summed E-state index contributed by atoms with van der Waals surface area (Å²) in [6.45, 7) is 2.13. The van der Waals surface area contributed by atoms with Crippen LogP contribution in [0.5, 0.6) is 0 Å². The van der Waals surface area contributed by atoms with Crippen LogP contribution in [-0.4, -0.2) is 33.7 Å². The van der Waals surface area contributed by atoms with Crippen molar-refractivity contribution in [3.8, 4) is 0 Å². The minimum atomic E-state index is -0.984. The number of benzene rings is 1. The zero-order valence-corrected chi connectivity index (χ0v) is 12.2. The fraction of sp³-hybridized carbons (Fsp3) is 0.333. The van der Waals surface area contributed by atoms with E-state index < -0.39 is 5.97 Å². The minimum absolute atomic E-state index is 0.142. The molecule has 0 saturated carbocycles. The summed E-state index contributed by atoms with van der Waals surface area (Å²) in [4.78, 5) is 26.9. The van der Waals surface area contributed by atoms with Gasteiger partial charge in [-0.2, -0.15) is 4.98 Å². The van der Waals surface area contributed by atoms with Crippen LogP contribution >= 0.6 is 0 Å². The molecule has 0 spiro atoms. The molecule has 1 amide bonds. The number of hydrogen-bond acceptors (Lipinski definition) is 5. The third-order valence-corrected chi connectivity index (χ3v) is 3.10. The number of hydrogen-bond donors (Lipinski definition) is 2. The maximum atomic E-state index is 11.8. The molecule has 7 heteroatoms. The van der Waals surface area contributed by atoms with Crippen molar-refractivity contribution in [1.82, 2.24) is 15.5 Å². The summed E-state index contributed by atoms with van der Waals surface area (Å²) in [5, 5.41) is 15.5. The molecule has 2 rings (SSSR count). The lowest BCUT2D eigenvalue weighted by Gasteiger charge is -2.06. The van der Waals surface area contributed by atoms with Gasteiger partial charge in [-0.05, 0) is 25.0 Å². The Morgan fingerprint density at radius 2 is 2.05 bits per heavy atom. The van der Waals surface area contributed by atoms with Crippen LogP contribution in [0.1, 0.15) is 34.1 Å². The molecule has 116 valence electrons. The van der Waals surface area contributed by atoms with E-state index in [1.807, 2.05) is 0 Å². The maximum absolute atomic E-state index is 11.8. The Labute approximate surface area is 127 Å². The number of carbonyl (C=O) groups excluding carboxylic acids is 1. The number of carbonyl (C=O) groups is 2. The van der Waals surface area contributed by atoms with Crippen LogP contribution in [0.3, 0.4) is 0 Å². The van der Waals surface area contributed by atoms with Crippen molar-refractivity contribution >= 4 is 11.9 Å². The smallest absolute Gasteiger partial charge is 0.335 e. The van der Waals surface area contributed by atoms with Gasteiger partial charge in [0, 0.05) is 19.4 Å². The van der Waals surface area contributed by atoms with Crippen molar-refractivity contribution in [1.29, 1.82) is 0 Å². The van der Waals surface area contributed by atoms with Crippen molar-refractivity contribution in [2.45, 2.75) is 26.2 Å². The summed E-state index contributed by atoms with van der Waals surface area (Å²) in [7, 11) is 0. The normalized spacial score (nSPS) is 10.4. The molecule has 0 aliphatic carbocycles. The lowest BCUT2D eigenvalue weighted by Crippen LogP contribution is -2.26. The molecule has 0 radical (unpaired) electrons. The number of nitrogens with zero attached hydrogens (tertiary/aromatic N) is 2. The number of amides is 1. The number of aromatic nitrogens is 2. The highest BCUT2D eigenvalue weighted by molar-refractivity contribution is 5.89. The first-order valence-electron chi connectivity index (χ1n) is 6.93. The third kappa shape index (κ3) is 4.41. The molecule has 2 aromatic rings. The van der Waals surface area contributed by atoms with Crippen LogP contribution in [0.4, 0.5) is 0 Å². The first-order valence-corrected chi connectivity index (χ1v) is 6.93. The van der Waals surface area contributed by atoms with Gasteiger partial charge < -0.3 is 14.9 Å². The Hall–Kier alpha value is -2.70. The average molecular weight is 303 g/mol. The number of carboxylic acids is 1. The van der Waals surface area contributed by atoms with Gasteiger partial charge in [0.05, 0.1) is 5.56 Å². The van der Waals surface area contributed by atoms with Gasteiger partial charge in [-0.25, -0.2) is 4.79 Å². The molecular formula is C15H17N3O4. The van der Waals surface area contributed by atoms with E-state index in [1.165, 1.54) is 6.07 Å². The van der Waals surface area contributed by atoms with E-state index in [1.54, 1.807) is 25.1 Å². The summed E-state index contributed by atoms with van der Waals surface area (Å²) in [6.07, 6.45) is 1.08. The highest BCUT2D eigenvalue weighted by Crippen LogP contribution is 2.11. The first-order chi connectivity index (χ1) is 10.6. The molecule has 2 N–H and O–H groups in total. The van der Waals surface area contributed by atoms with Gasteiger partial charge in [0.25, 0.3) is 0 Å². The van der Waals surface area contributed by atoms with E-state index in [2.05, 4.69) is 15.5 Å². The Morgan fingerprint density at radius 3 is 2.73 bits per heavy atom. The predicted octanol–water partition coefficient (Wildman–Crippen LogP) is 1.37. The molecule has 0 bridgehead atoms. The Kier molecular flexibility index (Phi) is 5.24. The van der Waals surface area contributed by atoms with Crippen LogP contribution in [0, 0.1) is 6.92 Å². The molecule has 0 aliphatic heterocycles. The van der Waals surface area contributed by atoms with Gasteiger partial charge in [-0.15, -0.1) is 0 Å². The van der Waals surface area contributed by atoms with E-state index in [9.17, 15) is 9.59 Å². The van der Waals surface area contributed by atoms with E-state index in [-0.39, 0.29) is 17.9 Å².